The molecule has 0 saturated carbocycles. The zero-order valence-electron chi connectivity index (χ0n) is 7.99. The van der Waals surface area contributed by atoms with E-state index in [0.717, 1.165) is 0 Å². The van der Waals surface area contributed by atoms with Crippen molar-refractivity contribution < 1.29 is 42.3 Å². The molecule has 1 radical (unpaired) electrons. The SMILES string of the molecule is [CH2-]NC(=O)C(=O)c1ccccc1.[CH3-].[Y]. The van der Waals surface area contributed by atoms with Crippen LogP contribution in [0.15, 0.2) is 30.3 Å². The summed E-state index contributed by atoms with van der Waals surface area (Å²) in [6.07, 6.45) is 0. The molecule has 4 heteroatoms. The van der Waals surface area contributed by atoms with E-state index in [9.17, 15) is 9.59 Å². The van der Waals surface area contributed by atoms with Gasteiger partial charge in [-0.1, -0.05) is 30.3 Å². The van der Waals surface area contributed by atoms with Crippen LogP contribution in [0.2, 0.25) is 0 Å². The van der Waals surface area contributed by atoms with E-state index in [1.807, 2.05) is 5.32 Å². The quantitative estimate of drug-likeness (QED) is 0.497. The molecule has 1 aromatic carbocycles. The average molecular weight is 266 g/mol. The largest absolute Gasteiger partial charge is 0.501 e. The Morgan fingerprint density at radius 1 is 1.14 bits per heavy atom. The van der Waals surface area contributed by atoms with Crippen LogP contribution in [0.5, 0.6) is 0 Å². The number of Topliss-reactive ketones (excluding diaryl/α,β-unsaturated/α-hetero) is 1. The van der Waals surface area contributed by atoms with E-state index in [2.05, 4.69) is 7.05 Å². The molecule has 0 fully saturated rings. The second-order valence-electron chi connectivity index (χ2n) is 2.20. The van der Waals surface area contributed by atoms with Crippen LogP contribution in [0.4, 0.5) is 0 Å². The molecule has 73 valence electrons. The number of hydrogen-bond acceptors (Lipinski definition) is 2. The molecule has 0 aliphatic heterocycles. The van der Waals surface area contributed by atoms with Crippen molar-refractivity contribution in [3.8, 4) is 0 Å². The Morgan fingerprint density at radius 3 is 2.07 bits per heavy atom. The minimum absolute atomic E-state index is 0. The van der Waals surface area contributed by atoms with Crippen LogP contribution in [0.25, 0.3) is 0 Å². The van der Waals surface area contributed by atoms with Crippen molar-refractivity contribution in [2.24, 2.45) is 0 Å². The number of rotatable bonds is 2. The summed E-state index contributed by atoms with van der Waals surface area (Å²) in [6, 6.07) is 8.33. The predicted molar refractivity (Wildman–Crippen MR) is 50.7 cm³/mol. The van der Waals surface area contributed by atoms with Crippen molar-refractivity contribution in [3.05, 3.63) is 50.4 Å². The predicted octanol–water partition coefficient (Wildman–Crippen LogP) is 1.22. The fraction of sp³-hybridized carbons (Fsp3) is 0. The number of benzene rings is 1. The van der Waals surface area contributed by atoms with Gasteiger partial charge in [-0.25, -0.2) is 0 Å². The van der Waals surface area contributed by atoms with Gasteiger partial charge in [-0.15, -0.1) is 0 Å². The van der Waals surface area contributed by atoms with Crippen molar-refractivity contribution in [2.75, 3.05) is 0 Å². The number of ketones is 1. The third-order valence-electron chi connectivity index (χ3n) is 1.40. The molecular formula is C10H11NO2Y-2. The summed E-state index contributed by atoms with van der Waals surface area (Å²) in [7, 11) is 3.11. The van der Waals surface area contributed by atoms with Gasteiger partial charge in [-0.05, 0) is 0 Å². The fourth-order valence-corrected chi connectivity index (χ4v) is 0.801. The zero-order chi connectivity index (χ0) is 8.97. The summed E-state index contributed by atoms with van der Waals surface area (Å²) in [6.45, 7) is 0. The van der Waals surface area contributed by atoms with Gasteiger partial charge in [0, 0.05) is 38.3 Å². The van der Waals surface area contributed by atoms with Gasteiger partial charge >= 0.3 is 0 Å². The van der Waals surface area contributed by atoms with E-state index in [-0.39, 0.29) is 40.1 Å². The Morgan fingerprint density at radius 2 is 1.64 bits per heavy atom. The van der Waals surface area contributed by atoms with E-state index >= 15 is 0 Å². The van der Waals surface area contributed by atoms with Crippen molar-refractivity contribution >= 4 is 11.7 Å². The molecule has 0 aliphatic carbocycles. The molecule has 1 aromatic rings. The molecule has 0 aliphatic rings. The van der Waals surface area contributed by atoms with Crippen molar-refractivity contribution in [3.63, 3.8) is 0 Å². The molecular weight excluding hydrogens is 255 g/mol. The molecule has 0 aromatic heterocycles. The molecule has 0 unspecified atom stereocenters. The number of carbonyl (C=O) groups is 2. The third kappa shape index (κ3) is 4.12. The fourth-order valence-electron chi connectivity index (χ4n) is 0.801. The van der Waals surface area contributed by atoms with Gasteiger partial charge in [0.25, 0.3) is 5.91 Å². The van der Waals surface area contributed by atoms with Crippen molar-refractivity contribution in [2.45, 2.75) is 0 Å². The van der Waals surface area contributed by atoms with Crippen LogP contribution in [0.1, 0.15) is 10.4 Å². The van der Waals surface area contributed by atoms with Gasteiger partial charge in [0.05, 0.1) is 0 Å². The summed E-state index contributed by atoms with van der Waals surface area (Å²) in [4.78, 5) is 21.9. The van der Waals surface area contributed by atoms with Crippen LogP contribution < -0.4 is 5.32 Å². The first-order chi connectivity index (χ1) is 5.75. The number of carbonyl (C=O) groups excluding carboxylic acids is 2. The Bertz CT molecular complexity index is 298. The Hall–Kier alpha value is -0.536. The van der Waals surface area contributed by atoms with Crippen molar-refractivity contribution in [1.29, 1.82) is 0 Å². The minimum atomic E-state index is -0.693. The summed E-state index contributed by atoms with van der Waals surface area (Å²) < 4.78 is 0. The molecule has 0 spiro atoms. The van der Waals surface area contributed by atoms with Gasteiger partial charge in [0.15, 0.2) is 0 Å². The van der Waals surface area contributed by atoms with Gasteiger partial charge in [-0.2, -0.15) is 0 Å². The summed E-state index contributed by atoms with van der Waals surface area (Å²) in [5, 5.41) is 2.02. The molecule has 14 heavy (non-hydrogen) atoms. The Labute approximate surface area is 109 Å². The average Bonchev–Trinajstić information content (AvgIpc) is 2.17. The van der Waals surface area contributed by atoms with Crippen LogP contribution in [0.3, 0.4) is 0 Å². The van der Waals surface area contributed by atoms with Crippen molar-refractivity contribution in [1.82, 2.24) is 5.32 Å². The maximum Gasteiger partial charge on any atom is 0.263 e. The second kappa shape index (κ2) is 7.83. The molecule has 3 nitrogen and oxygen atoms in total. The number of hydrogen-bond donors (Lipinski definition) is 1. The molecule has 0 heterocycles. The van der Waals surface area contributed by atoms with Gasteiger partial charge in [-0.3, -0.25) is 16.6 Å². The van der Waals surface area contributed by atoms with E-state index in [4.69, 9.17) is 0 Å². The van der Waals surface area contributed by atoms with Gasteiger partial charge in [0.1, 0.15) is 0 Å². The molecule has 1 N–H and O–H groups in total. The summed E-state index contributed by atoms with van der Waals surface area (Å²) >= 11 is 0. The maximum absolute atomic E-state index is 11.1. The van der Waals surface area contributed by atoms with E-state index in [0.29, 0.717) is 5.56 Å². The van der Waals surface area contributed by atoms with Crippen LogP contribution in [-0.4, -0.2) is 11.7 Å². The van der Waals surface area contributed by atoms with E-state index < -0.39 is 11.7 Å². The Balaban J connectivity index is 0. The van der Waals surface area contributed by atoms with E-state index in [1.165, 1.54) is 0 Å². The topological polar surface area (TPSA) is 46.2 Å². The van der Waals surface area contributed by atoms with Crippen LogP contribution >= 0.6 is 0 Å². The number of nitrogens with one attached hydrogen (secondary N) is 1. The monoisotopic (exact) mass is 266 g/mol. The normalized spacial score (nSPS) is 7.79. The first-order valence-corrected chi connectivity index (χ1v) is 3.42. The third-order valence-corrected chi connectivity index (χ3v) is 1.40. The first-order valence-electron chi connectivity index (χ1n) is 3.42. The summed E-state index contributed by atoms with van der Waals surface area (Å²) in [5.74, 6) is -1.26. The van der Waals surface area contributed by atoms with Crippen LogP contribution in [0, 0.1) is 14.5 Å². The second-order valence-corrected chi connectivity index (χ2v) is 2.20. The van der Waals surface area contributed by atoms with Crippen LogP contribution in [-0.2, 0) is 37.5 Å². The zero-order valence-corrected chi connectivity index (χ0v) is 10.8. The molecule has 1 rings (SSSR count). The molecule has 0 saturated heterocycles. The molecule has 0 atom stereocenters. The van der Waals surface area contributed by atoms with Gasteiger partial charge in [0.2, 0.25) is 5.78 Å². The standard InChI is InChI=1S/C9H8NO2.CH3.Y/c1-10-9(12)8(11)7-5-3-2-4-6-7;;/h2-6H,1H2,(H,10,12);1H3;/q2*-1;. The number of amides is 1. The summed E-state index contributed by atoms with van der Waals surface area (Å²) in [5.41, 5.74) is 0.374. The Kier molecular flexibility index (Phi) is 8.90. The first kappa shape index (κ1) is 15.9. The maximum atomic E-state index is 11.1. The smallest absolute Gasteiger partial charge is 0.263 e. The molecule has 0 bridgehead atoms. The minimum Gasteiger partial charge on any atom is -0.501 e. The molecule has 1 amide bonds. The van der Waals surface area contributed by atoms with E-state index in [1.54, 1.807) is 30.3 Å². The van der Waals surface area contributed by atoms with Gasteiger partial charge < -0.3 is 12.7 Å².